The Morgan fingerprint density at radius 2 is 2.00 bits per heavy atom. The lowest BCUT2D eigenvalue weighted by Crippen LogP contribution is -2.48. The zero-order valence-corrected chi connectivity index (χ0v) is 12.5. The molecule has 0 bridgehead atoms. The Morgan fingerprint density at radius 1 is 1.36 bits per heavy atom. The standard InChI is InChI=1S/C14H12ClN3O4/c1-14-9(10(16-17-14)12(20)22-2)11(19)18(13(14)21)8-5-3-7(15)4-6-8/h3-6,9,17H,1-2H3/t9-,14+/m0/s1. The molecule has 1 fully saturated rings. The molecular formula is C14H12ClN3O4. The van der Waals surface area contributed by atoms with E-state index in [1.54, 1.807) is 24.3 Å². The number of nitrogens with zero attached hydrogens (tertiary/aromatic N) is 2. The quantitative estimate of drug-likeness (QED) is 0.640. The third-order valence-corrected chi connectivity index (χ3v) is 4.11. The van der Waals surface area contributed by atoms with Crippen molar-refractivity contribution in [2.45, 2.75) is 12.5 Å². The number of amides is 2. The molecule has 0 saturated carbocycles. The number of benzene rings is 1. The van der Waals surface area contributed by atoms with E-state index in [2.05, 4.69) is 15.3 Å². The van der Waals surface area contributed by atoms with E-state index in [9.17, 15) is 14.4 Å². The fourth-order valence-corrected chi connectivity index (χ4v) is 2.80. The van der Waals surface area contributed by atoms with E-state index in [0.717, 1.165) is 4.90 Å². The lowest BCUT2D eigenvalue weighted by Gasteiger charge is -2.20. The number of imide groups is 1. The van der Waals surface area contributed by atoms with Crippen LogP contribution in [0, 0.1) is 5.92 Å². The maximum absolute atomic E-state index is 12.7. The predicted molar refractivity (Wildman–Crippen MR) is 78.4 cm³/mol. The smallest absolute Gasteiger partial charge is 0.355 e. The van der Waals surface area contributed by atoms with E-state index in [1.807, 2.05) is 0 Å². The SMILES string of the molecule is COC(=O)C1=NN[C@@]2(C)C(=O)N(c3ccc(Cl)cc3)C(=O)[C@H]12. The van der Waals surface area contributed by atoms with Gasteiger partial charge in [0.15, 0.2) is 5.71 Å². The molecule has 1 aromatic carbocycles. The highest BCUT2D eigenvalue weighted by Gasteiger charge is 2.63. The number of anilines is 1. The molecule has 8 heteroatoms. The predicted octanol–water partition coefficient (Wildman–Crippen LogP) is 0.720. The molecule has 0 aromatic heterocycles. The van der Waals surface area contributed by atoms with Gasteiger partial charge in [-0.25, -0.2) is 9.69 Å². The van der Waals surface area contributed by atoms with Crippen LogP contribution >= 0.6 is 11.6 Å². The minimum Gasteiger partial charge on any atom is -0.464 e. The molecule has 0 unspecified atom stereocenters. The molecule has 0 aliphatic carbocycles. The molecule has 2 atom stereocenters. The number of carbonyl (C=O) groups excluding carboxylic acids is 3. The molecule has 1 N–H and O–H groups in total. The van der Waals surface area contributed by atoms with Crippen molar-refractivity contribution in [2.24, 2.45) is 11.0 Å². The van der Waals surface area contributed by atoms with Gasteiger partial charge in [-0.3, -0.25) is 15.0 Å². The number of fused-ring (bicyclic) bond motifs is 1. The van der Waals surface area contributed by atoms with Crippen LogP contribution in [0.3, 0.4) is 0 Å². The zero-order chi connectivity index (χ0) is 16.1. The van der Waals surface area contributed by atoms with Crippen LogP contribution in [0.5, 0.6) is 0 Å². The topological polar surface area (TPSA) is 88.1 Å². The van der Waals surface area contributed by atoms with Crippen LogP contribution in [0.2, 0.25) is 5.02 Å². The molecule has 2 aliphatic rings. The lowest BCUT2D eigenvalue weighted by molar-refractivity contribution is -0.133. The first-order valence-corrected chi connectivity index (χ1v) is 6.85. The maximum atomic E-state index is 12.7. The second kappa shape index (κ2) is 4.81. The number of methoxy groups -OCH3 is 1. The highest BCUT2D eigenvalue weighted by atomic mass is 35.5. The summed E-state index contributed by atoms with van der Waals surface area (Å²) in [6.45, 7) is 1.53. The van der Waals surface area contributed by atoms with Gasteiger partial charge in [-0.1, -0.05) is 11.6 Å². The molecule has 22 heavy (non-hydrogen) atoms. The molecule has 7 nitrogen and oxygen atoms in total. The summed E-state index contributed by atoms with van der Waals surface area (Å²) in [4.78, 5) is 38.1. The Kier molecular flexibility index (Phi) is 3.17. The molecule has 3 rings (SSSR count). The Labute approximate surface area is 130 Å². The lowest BCUT2D eigenvalue weighted by atomic mass is 9.86. The third-order valence-electron chi connectivity index (χ3n) is 3.85. The van der Waals surface area contributed by atoms with Gasteiger partial charge >= 0.3 is 5.97 Å². The highest BCUT2D eigenvalue weighted by molar-refractivity contribution is 6.47. The molecule has 114 valence electrons. The van der Waals surface area contributed by atoms with E-state index in [4.69, 9.17) is 11.6 Å². The van der Waals surface area contributed by atoms with E-state index in [0.29, 0.717) is 10.7 Å². The summed E-state index contributed by atoms with van der Waals surface area (Å²) in [5.41, 5.74) is 1.60. The first-order chi connectivity index (χ1) is 10.4. The van der Waals surface area contributed by atoms with Gasteiger partial charge in [-0.2, -0.15) is 5.10 Å². The average Bonchev–Trinajstić information content (AvgIpc) is 2.95. The van der Waals surface area contributed by atoms with Gasteiger partial charge in [0.25, 0.3) is 5.91 Å². The van der Waals surface area contributed by atoms with E-state index >= 15 is 0 Å². The second-order valence-electron chi connectivity index (χ2n) is 5.19. The van der Waals surface area contributed by atoms with Crippen molar-refractivity contribution >= 4 is 40.8 Å². The summed E-state index contributed by atoms with van der Waals surface area (Å²) in [6, 6.07) is 6.29. The number of hydrogen-bond acceptors (Lipinski definition) is 6. The molecule has 0 radical (unpaired) electrons. The summed E-state index contributed by atoms with van der Waals surface area (Å²) < 4.78 is 4.62. The van der Waals surface area contributed by atoms with Crippen LogP contribution in [0.15, 0.2) is 29.4 Å². The molecule has 1 aromatic rings. The van der Waals surface area contributed by atoms with Crippen LogP contribution in [-0.4, -0.2) is 36.1 Å². The number of carbonyl (C=O) groups is 3. The van der Waals surface area contributed by atoms with Gasteiger partial charge in [0.2, 0.25) is 5.91 Å². The van der Waals surface area contributed by atoms with Crippen molar-refractivity contribution < 1.29 is 19.1 Å². The van der Waals surface area contributed by atoms with E-state index in [1.165, 1.54) is 14.0 Å². The van der Waals surface area contributed by atoms with Gasteiger partial charge in [0.05, 0.1) is 12.8 Å². The minimum absolute atomic E-state index is 0.0974. The van der Waals surface area contributed by atoms with Crippen LogP contribution in [0.4, 0.5) is 5.69 Å². The third kappa shape index (κ3) is 1.82. The van der Waals surface area contributed by atoms with Crippen molar-refractivity contribution in [3.05, 3.63) is 29.3 Å². The number of nitrogens with one attached hydrogen (secondary N) is 1. The summed E-state index contributed by atoms with van der Waals surface area (Å²) in [5, 5.41) is 4.30. The van der Waals surface area contributed by atoms with Crippen molar-refractivity contribution in [1.82, 2.24) is 5.43 Å². The molecule has 0 spiro atoms. The molecule has 1 saturated heterocycles. The van der Waals surface area contributed by atoms with Crippen LogP contribution in [0.1, 0.15) is 6.92 Å². The van der Waals surface area contributed by atoms with Crippen molar-refractivity contribution in [1.29, 1.82) is 0 Å². The Bertz CT molecular complexity index is 715. The summed E-state index contributed by atoms with van der Waals surface area (Å²) in [7, 11) is 1.19. The minimum atomic E-state index is -1.29. The summed E-state index contributed by atoms with van der Waals surface area (Å²) in [5.74, 6) is -2.75. The van der Waals surface area contributed by atoms with E-state index < -0.39 is 29.2 Å². The average molecular weight is 322 g/mol. The highest BCUT2D eigenvalue weighted by Crippen LogP contribution is 2.38. The molecule has 2 heterocycles. The van der Waals surface area contributed by atoms with Crippen LogP contribution in [-0.2, 0) is 19.1 Å². The molecule has 2 aliphatic heterocycles. The van der Waals surface area contributed by atoms with Crippen molar-refractivity contribution in [3.63, 3.8) is 0 Å². The first kappa shape index (κ1) is 14.5. The van der Waals surface area contributed by atoms with Gasteiger partial charge in [0, 0.05) is 5.02 Å². The van der Waals surface area contributed by atoms with Crippen LogP contribution < -0.4 is 10.3 Å². The van der Waals surface area contributed by atoms with E-state index in [-0.39, 0.29) is 5.71 Å². The number of rotatable bonds is 2. The number of esters is 1. The summed E-state index contributed by atoms with van der Waals surface area (Å²) >= 11 is 5.82. The largest absolute Gasteiger partial charge is 0.464 e. The molecular weight excluding hydrogens is 310 g/mol. The number of hydrazone groups is 1. The van der Waals surface area contributed by atoms with Gasteiger partial charge in [0.1, 0.15) is 11.5 Å². The fourth-order valence-electron chi connectivity index (χ4n) is 2.68. The number of hydrogen-bond donors (Lipinski definition) is 1. The van der Waals surface area contributed by atoms with Crippen molar-refractivity contribution in [2.75, 3.05) is 12.0 Å². The normalized spacial score (nSPS) is 26.6. The Morgan fingerprint density at radius 3 is 2.59 bits per heavy atom. The maximum Gasteiger partial charge on any atom is 0.355 e. The van der Waals surface area contributed by atoms with Gasteiger partial charge in [-0.05, 0) is 31.2 Å². The van der Waals surface area contributed by atoms with Gasteiger partial charge in [-0.15, -0.1) is 0 Å². The van der Waals surface area contributed by atoms with Crippen LogP contribution in [0.25, 0.3) is 0 Å². The Balaban J connectivity index is 2.03. The second-order valence-corrected chi connectivity index (χ2v) is 5.63. The fraction of sp³-hybridized carbons (Fsp3) is 0.286. The van der Waals surface area contributed by atoms with Gasteiger partial charge < -0.3 is 4.74 Å². The monoisotopic (exact) mass is 321 g/mol. The van der Waals surface area contributed by atoms with Crippen molar-refractivity contribution in [3.8, 4) is 0 Å². The summed E-state index contributed by atoms with van der Waals surface area (Å²) in [6.07, 6.45) is 0. The zero-order valence-electron chi connectivity index (χ0n) is 11.8. The first-order valence-electron chi connectivity index (χ1n) is 6.47. The Hall–Kier alpha value is -2.41. The number of ether oxygens (including phenoxy) is 1. The molecule has 2 amide bonds. The number of halogens is 1.